The van der Waals surface area contributed by atoms with Crippen LogP contribution < -0.4 is 21.3 Å². The minimum absolute atomic E-state index is 0.0240. The highest BCUT2D eigenvalue weighted by molar-refractivity contribution is 6.12. The molecule has 1 atom stereocenters. The normalized spacial score (nSPS) is 14.8. The minimum atomic E-state index is -4.76. The molecule has 5 rings (SSSR count). The first kappa shape index (κ1) is 25.5. The zero-order valence-electron chi connectivity index (χ0n) is 19.9. The molecule has 0 saturated carbocycles. The van der Waals surface area contributed by atoms with Gasteiger partial charge in [0, 0.05) is 11.3 Å². The molecule has 39 heavy (non-hydrogen) atoms. The molecule has 3 aromatic carbocycles. The lowest BCUT2D eigenvalue weighted by molar-refractivity contribution is -0.137. The Labute approximate surface area is 219 Å². The molecular weight excluding hydrogens is 516 g/mol. The highest BCUT2D eigenvalue weighted by atomic mass is 19.4. The predicted octanol–water partition coefficient (Wildman–Crippen LogP) is 6.08. The second kappa shape index (κ2) is 9.62. The van der Waals surface area contributed by atoms with Gasteiger partial charge in [0.25, 0.3) is 0 Å². The molecule has 196 valence electrons. The van der Waals surface area contributed by atoms with Crippen LogP contribution in [-0.4, -0.2) is 11.9 Å². The largest absolute Gasteiger partial charge is 0.446 e. The Hall–Kier alpha value is -5.15. The van der Waals surface area contributed by atoms with E-state index in [1.54, 1.807) is 47.4 Å². The van der Waals surface area contributed by atoms with Gasteiger partial charge >= 0.3 is 12.2 Å². The summed E-state index contributed by atoms with van der Waals surface area (Å²) < 4.78 is 59.8. The third-order valence-electron chi connectivity index (χ3n) is 6.10. The molecule has 1 unspecified atom stereocenters. The van der Waals surface area contributed by atoms with E-state index in [9.17, 15) is 22.4 Å². The van der Waals surface area contributed by atoms with Gasteiger partial charge < -0.3 is 20.8 Å². The Morgan fingerprint density at radius 2 is 1.74 bits per heavy atom. The maximum atomic E-state index is 14.6. The maximum absolute atomic E-state index is 14.6. The van der Waals surface area contributed by atoms with E-state index in [4.69, 9.17) is 21.1 Å². The number of carbonyl (C=O) groups is 1. The van der Waals surface area contributed by atoms with Gasteiger partial charge in [-0.25, -0.2) is 9.18 Å². The molecule has 0 saturated heterocycles. The topological polar surface area (TPSA) is 125 Å². The molecule has 0 spiro atoms. The third kappa shape index (κ3) is 4.67. The molecular formula is C27H18F4N6O2. The van der Waals surface area contributed by atoms with E-state index in [0.29, 0.717) is 57.2 Å². The molecule has 1 aromatic heterocycles. The van der Waals surface area contributed by atoms with E-state index < -0.39 is 35.4 Å². The molecule has 2 heterocycles. The van der Waals surface area contributed by atoms with Gasteiger partial charge in [0.15, 0.2) is 0 Å². The summed E-state index contributed by atoms with van der Waals surface area (Å²) in [6, 6.07) is 16.8. The second-order valence-corrected chi connectivity index (χ2v) is 8.47. The number of furan rings is 1. The molecule has 4 N–H and O–H groups in total. The van der Waals surface area contributed by atoms with Crippen molar-refractivity contribution in [1.29, 1.82) is 5.26 Å². The summed E-state index contributed by atoms with van der Waals surface area (Å²) in [6.45, 7) is 0. The van der Waals surface area contributed by atoms with Crippen LogP contribution in [0.1, 0.15) is 28.4 Å². The lowest BCUT2D eigenvalue weighted by Crippen LogP contribution is -2.42. The Balaban J connectivity index is 1.56. The quantitative estimate of drug-likeness (QED) is 0.307. The van der Waals surface area contributed by atoms with Crippen LogP contribution >= 0.6 is 0 Å². The van der Waals surface area contributed by atoms with Crippen molar-refractivity contribution in [1.82, 2.24) is 0 Å². The van der Waals surface area contributed by atoms with Gasteiger partial charge in [-0.2, -0.15) is 23.4 Å². The first-order valence-corrected chi connectivity index (χ1v) is 11.4. The first-order valence-electron chi connectivity index (χ1n) is 11.4. The maximum Gasteiger partial charge on any atom is 0.416 e. The Kier molecular flexibility index (Phi) is 6.29. The number of fused-ring (bicyclic) bond motifs is 1. The van der Waals surface area contributed by atoms with Crippen molar-refractivity contribution in [2.75, 3.05) is 9.80 Å². The molecule has 8 nitrogen and oxygen atoms in total. The van der Waals surface area contributed by atoms with Crippen molar-refractivity contribution in [2.45, 2.75) is 12.3 Å². The number of anilines is 3. The molecule has 0 aliphatic carbocycles. The van der Waals surface area contributed by atoms with Gasteiger partial charge in [0.1, 0.15) is 17.8 Å². The highest BCUT2D eigenvalue weighted by Crippen LogP contribution is 2.39. The number of halogens is 4. The monoisotopic (exact) mass is 534 g/mol. The number of aliphatic imine (C=N–C) groups is 1. The fourth-order valence-corrected chi connectivity index (χ4v) is 4.24. The van der Waals surface area contributed by atoms with Crippen LogP contribution in [0.4, 0.5) is 45.3 Å². The summed E-state index contributed by atoms with van der Waals surface area (Å²) in [6.07, 6.45) is -4.06. The Morgan fingerprint density at radius 1 is 1.05 bits per heavy atom. The van der Waals surface area contributed by atoms with Crippen molar-refractivity contribution < 1.29 is 26.8 Å². The minimum Gasteiger partial charge on any atom is -0.446 e. The Morgan fingerprint density at radius 3 is 2.36 bits per heavy atom. The summed E-state index contributed by atoms with van der Waals surface area (Å²) >= 11 is 0. The van der Waals surface area contributed by atoms with Crippen LogP contribution in [0.15, 0.2) is 88.5 Å². The molecule has 12 heteroatoms. The summed E-state index contributed by atoms with van der Waals surface area (Å²) in [5.41, 5.74) is 12.4. The number of benzene rings is 3. The van der Waals surface area contributed by atoms with Gasteiger partial charge in [0.05, 0.1) is 40.4 Å². The van der Waals surface area contributed by atoms with Gasteiger partial charge in [0.2, 0.25) is 5.88 Å². The van der Waals surface area contributed by atoms with Gasteiger partial charge in [-0.15, -0.1) is 0 Å². The SMILES string of the molecule is N#Cc1ccc(C2=Nc3occc3C(N)N2c2ccc(N(C(N)=O)c3cc(C(F)(F)F)ccc3F)cc2)cc1. The number of urea groups is 1. The number of alkyl halides is 3. The van der Waals surface area contributed by atoms with Gasteiger partial charge in [-0.05, 0) is 72.8 Å². The first-order chi connectivity index (χ1) is 18.6. The molecule has 1 aliphatic rings. The molecule has 4 aromatic rings. The van der Waals surface area contributed by atoms with Crippen LogP contribution in [0.2, 0.25) is 0 Å². The van der Waals surface area contributed by atoms with Crippen LogP contribution in [0.3, 0.4) is 0 Å². The standard InChI is InChI=1S/C27H18F4N6O2/c28-21-10-5-17(27(29,30)31)13-22(21)36(26(34)38)18-6-8-19(9-7-18)37-23(33)20-11-12-39-25(20)35-24(37)16-3-1-15(14-32)2-4-16/h1-13,23H,33H2,(H2,34,38). The summed E-state index contributed by atoms with van der Waals surface area (Å²) in [7, 11) is 0. The fourth-order valence-electron chi connectivity index (χ4n) is 4.24. The summed E-state index contributed by atoms with van der Waals surface area (Å²) in [4.78, 5) is 19.2. The average molecular weight is 534 g/mol. The second-order valence-electron chi connectivity index (χ2n) is 8.47. The van der Waals surface area contributed by atoms with Crippen LogP contribution in [0.25, 0.3) is 0 Å². The van der Waals surface area contributed by atoms with Crippen molar-refractivity contribution in [2.24, 2.45) is 16.5 Å². The molecule has 0 radical (unpaired) electrons. The van der Waals surface area contributed by atoms with E-state index in [2.05, 4.69) is 4.99 Å². The molecule has 0 fully saturated rings. The number of hydrogen-bond acceptors (Lipinski definition) is 6. The van der Waals surface area contributed by atoms with Crippen molar-refractivity contribution in [3.8, 4) is 6.07 Å². The number of rotatable bonds is 4. The number of amidine groups is 1. The van der Waals surface area contributed by atoms with E-state index in [-0.39, 0.29) is 5.69 Å². The van der Waals surface area contributed by atoms with Crippen LogP contribution in [0, 0.1) is 17.1 Å². The van der Waals surface area contributed by atoms with Gasteiger partial charge in [-0.1, -0.05) is 0 Å². The van der Waals surface area contributed by atoms with Crippen molar-refractivity contribution in [3.63, 3.8) is 0 Å². The van der Waals surface area contributed by atoms with E-state index >= 15 is 0 Å². The highest BCUT2D eigenvalue weighted by Gasteiger charge is 2.34. The zero-order valence-corrected chi connectivity index (χ0v) is 19.9. The lowest BCUT2D eigenvalue weighted by Gasteiger charge is -2.34. The lowest BCUT2D eigenvalue weighted by atomic mass is 10.1. The number of amides is 2. The van der Waals surface area contributed by atoms with Crippen molar-refractivity contribution >= 4 is 34.8 Å². The summed E-state index contributed by atoms with van der Waals surface area (Å²) in [5.74, 6) is -0.348. The average Bonchev–Trinajstić information content (AvgIpc) is 3.39. The predicted molar refractivity (Wildman–Crippen MR) is 135 cm³/mol. The number of nitrogens with zero attached hydrogens (tertiary/aromatic N) is 4. The Bertz CT molecular complexity index is 1620. The van der Waals surface area contributed by atoms with Crippen LogP contribution in [0.5, 0.6) is 0 Å². The molecule has 2 amide bonds. The number of nitriles is 1. The third-order valence-corrected chi connectivity index (χ3v) is 6.10. The van der Waals surface area contributed by atoms with E-state index in [1.165, 1.54) is 18.4 Å². The smallest absolute Gasteiger partial charge is 0.416 e. The number of primary amides is 1. The zero-order chi connectivity index (χ0) is 27.9. The van der Waals surface area contributed by atoms with Gasteiger partial charge in [-0.3, -0.25) is 4.90 Å². The molecule has 1 aliphatic heterocycles. The fraction of sp³-hybridized carbons (Fsp3) is 0.0741. The van der Waals surface area contributed by atoms with Crippen LogP contribution in [-0.2, 0) is 6.18 Å². The van der Waals surface area contributed by atoms with Crippen molar-refractivity contribution in [3.05, 3.63) is 107 Å². The van der Waals surface area contributed by atoms with E-state index in [0.717, 1.165) is 0 Å². The number of carbonyl (C=O) groups excluding carboxylic acids is 1. The number of nitrogens with two attached hydrogens (primary N) is 2. The summed E-state index contributed by atoms with van der Waals surface area (Å²) in [5, 5.41) is 9.14. The molecule has 0 bridgehead atoms. The number of hydrogen-bond donors (Lipinski definition) is 2. The van der Waals surface area contributed by atoms with E-state index in [1.807, 2.05) is 6.07 Å².